The lowest BCUT2D eigenvalue weighted by Gasteiger charge is -2.16. The quantitative estimate of drug-likeness (QED) is 0.283. The monoisotopic (exact) mass is 512 g/mol. The van der Waals surface area contributed by atoms with E-state index >= 15 is 0 Å². The molecule has 192 valence electrons. The van der Waals surface area contributed by atoms with Crippen LogP contribution in [-0.2, 0) is 0 Å². The molecule has 39 heavy (non-hydrogen) atoms. The number of aryl methyl sites for hydroxylation is 2. The Morgan fingerprint density at radius 3 is 1.33 bits per heavy atom. The highest BCUT2D eigenvalue weighted by Crippen LogP contribution is 2.33. The van der Waals surface area contributed by atoms with E-state index in [4.69, 9.17) is 0 Å². The summed E-state index contributed by atoms with van der Waals surface area (Å²) in [6, 6.07) is 37.2. The summed E-state index contributed by atoms with van der Waals surface area (Å²) in [6.07, 6.45) is 0. The number of aromatic nitrogens is 4. The second-order valence-electron chi connectivity index (χ2n) is 9.67. The van der Waals surface area contributed by atoms with Crippen molar-refractivity contribution in [3.8, 4) is 22.5 Å². The molecule has 0 unspecified atom stereocenters. The number of para-hydroxylation sites is 2. The number of hydrogen-bond donors (Lipinski definition) is 2. The summed E-state index contributed by atoms with van der Waals surface area (Å²) < 4.78 is 3.10. The zero-order chi connectivity index (χ0) is 26.9. The topological polar surface area (TPSA) is 75.6 Å². The maximum Gasteiger partial charge on any atom is 0.275 e. The Morgan fingerprint density at radius 1 is 0.513 bits per heavy atom. The van der Waals surface area contributed by atoms with Crippen LogP contribution in [0.1, 0.15) is 34.0 Å². The number of aromatic amines is 2. The first kappa shape index (κ1) is 24.2. The van der Waals surface area contributed by atoms with Crippen LogP contribution in [0, 0.1) is 13.8 Å². The van der Waals surface area contributed by atoms with E-state index in [1.54, 1.807) is 9.36 Å². The van der Waals surface area contributed by atoms with E-state index in [1.807, 2.05) is 117 Å². The normalized spacial score (nSPS) is 11.3. The molecular formula is C33H28N4O2. The third-order valence-electron chi connectivity index (χ3n) is 7.19. The van der Waals surface area contributed by atoms with Gasteiger partial charge in [0.1, 0.15) is 0 Å². The lowest BCUT2D eigenvalue weighted by Crippen LogP contribution is -2.25. The molecule has 0 aliphatic rings. The summed E-state index contributed by atoms with van der Waals surface area (Å²) in [4.78, 5) is 28.0. The first-order valence-corrected chi connectivity index (χ1v) is 12.9. The summed E-state index contributed by atoms with van der Waals surface area (Å²) in [6.45, 7) is 3.78. The van der Waals surface area contributed by atoms with Crippen LogP contribution in [0.4, 0.5) is 0 Å². The SMILES string of the molecule is Cc1[nH]n(-c2ccccc2)c(=O)c1C(c1ccc(-c2ccccc2)cc1)c1c(C)[nH]n(-c2ccccc2)c1=O. The molecule has 0 aliphatic carbocycles. The second kappa shape index (κ2) is 9.99. The van der Waals surface area contributed by atoms with Crippen LogP contribution < -0.4 is 11.1 Å². The molecule has 0 saturated carbocycles. The molecule has 0 atom stereocenters. The van der Waals surface area contributed by atoms with Gasteiger partial charge in [0.15, 0.2) is 0 Å². The molecule has 6 rings (SSSR count). The zero-order valence-corrected chi connectivity index (χ0v) is 21.8. The van der Waals surface area contributed by atoms with Crippen molar-refractivity contribution in [2.45, 2.75) is 19.8 Å². The molecule has 0 saturated heterocycles. The molecule has 2 aromatic heterocycles. The standard InChI is InChI=1S/C33H28N4O2/c1-22-29(32(38)36(34-22)27-14-8-4-9-15-27)31(26-20-18-25(19-21-26)24-12-6-3-7-13-24)30-23(2)35-37(33(30)39)28-16-10-5-11-17-28/h3-21,31,34-35H,1-2H3. The minimum atomic E-state index is -0.572. The molecule has 6 heteroatoms. The number of nitrogens with zero attached hydrogens (tertiary/aromatic N) is 2. The van der Waals surface area contributed by atoms with E-state index in [-0.39, 0.29) is 11.1 Å². The first-order valence-electron chi connectivity index (χ1n) is 12.9. The second-order valence-corrected chi connectivity index (χ2v) is 9.67. The van der Waals surface area contributed by atoms with Crippen molar-refractivity contribution in [2.75, 3.05) is 0 Å². The van der Waals surface area contributed by atoms with Gasteiger partial charge in [-0.1, -0.05) is 91.0 Å². The lowest BCUT2D eigenvalue weighted by atomic mass is 9.84. The van der Waals surface area contributed by atoms with Crippen LogP contribution in [0.2, 0.25) is 0 Å². The number of rotatable bonds is 6. The van der Waals surface area contributed by atoms with Crippen molar-refractivity contribution < 1.29 is 0 Å². The van der Waals surface area contributed by atoms with Gasteiger partial charge in [-0.3, -0.25) is 19.8 Å². The summed E-state index contributed by atoms with van der Waals surface area (Å²) in [5, 5.41) is 6.50. The number of benzene rings is 4. The first-order chi connectivity index (χ1) is 19.0. The molecular weight excluding hydrogens is 484 g/mol. The maximum atomic E-state index is 14.0. The van der Waals surface area contributed by atoms with Gasteiger partial charge < -0.3 is 0 Å². The highest BCUT2D eigenvalue weighted by Gasteiger charge is 2.30. The fourth-order valence-corrected chi connectivity index (χ4v) is 5.29. The molecule has 0 spiro atoms. The van der Waals surface area contributed by atoms with Crippen molar-refractivity contribution in [2.24, 2.45) is 0 Å². The van der Waals surface area contributed by atoms with E-state index in [2.05, 4.69) is 22.3 Å². The average molecular weight is 513 g/mol. The Kier molecular flexibility index (Phi) is 6.21. The number of H-pyrrole nitrogens is 2. The molecule has 0 aliphatic heterocycles. The van der Waals surface area contributed by atoms with Gasteiger partial charge in [0.25, 0.3) is 11.1 Å². The Labute approximate surface area is 225 Å². The molecule has 2 N–H and O–H groups in total. The maximum absolute atomic E-state index is 14.0. The molecule has 6 aromatic rings. The van der Waals surface area contributed by atoms with E-state index < -0.39 is 5.92 Å². The Balaban J connectivity index is 1.56. The fraction of sp³-hybridized carbons (Fsp3) is 0.0909. The van der Waals surface area contributed by atoms with Gasteiger partial charge in [-0.05, 0) is 54.8 Å². The van der Waals surface area contributed by atoms with E-state index in [0.717, 1.165) is 28.1 Å². The molecule has 4 aromatic carbocycles. The van der Waals surface area contributed by atoms with Gasteiger partial charge in [-0.15, -0.1) is 0 Å². The highest BCUT2D eigenvalue weighted by atomic mass is 16.1. The third kappa shape index (κ3) is 4.36. The van der Waals surface area contributed by atoms with E-state index in [9.17, 15) is 9.59 Å². The summed E-state index contributed by atoms with van der Waals surface area (Å²) in [7, 11) is 0. The molecule has 2 heterocycles. The number of nitrogens with one attached hydrogen (secondary N) is 2. The molecule has 0 radical (unpaired) electrons. The summed E-state index contributed by atoms with van der Waals surface area (Å²) >= 11 is 0. The third-order valence-corrected chi connectivity index (χ3v) is 7.19. The lowest BCUT2D eigenvalue weighted by molar-refractivity contribution is 0.830. The predicted octanol–water partition coefficient (Wildman–Crippen LogP) is 6.11. The molecule has 0 amide bonds. The van der Waals surface area contributed by atoms with Gasteiger partial charge in [-0.25, -0.2) is 9.36 Å². The number of hydrogen-bond acceptors (Lipinski definition) is 2. The van der Waals surface area contributed by atoms with Crippen molar-refractivity contribution in [1.29, 1.82) is 0 Å². The van der Waals surface area contributed by atoms with Crippen LogP contribution >= 0.6 is 0 Å². The summed E-state index contributed by atoms with van der Waals surface area (Å²) in [5.41, 5.74) is 6.69. The highest BCUT2D eigenvalue weighted by molar-refractivity contribution is 5.64. The van der Waals surface area contributed by atoms with Gasteiger partial charge in [0.2, 0.25) is 0 Å². The van der Waals surface area contributed by atoms with Gasteiger partial charge in [0, 0.05) is 17.3 Å². The smallest absolute Gasteiger partial charge is 0.275 e. The van der Waals surface area contributed by atoms with Crippen LogP contribution in [0.25, 0.3) is 22.5 Å². The van der Waals surface area contributed by atoms with Crippen molar-refractivity contribution >= 4 is 0 Å². The average Bonchev–Trinajstić information content (AvgIpc) is 3.45. The van der Waals surface area contributed by atoms with Crippen molar-refractivity contribution in [3.63, 3.8) is 0 Å². The summed E-state index contributed by atoms with van der Waals surface area (Å²) in [5.74, 6) is -0.572. The Hall–Kier alpha value is -5.10. The zero-order valence-electron chi connectivity index (χ0n) is 21.8. The van der Waals surface area contributed by atoms with Crippen molar-refractivity contribution in [3.05, 3.63) is 164 Å². The Bertz CT molecular complexity index is 1750. The van der Waals surface area contributed by atoms with Crippen LogP contribution in [-0.4, -0.2) is 19.6 Å². The molecule has 0 bridgehead atoms. The van der Waals surface area contributed by atoms with Crippen molar-refractivity contribution in [1.82, 2.24) is 19.6 Å². The Morgan fingerprint density at radius 2 is 0.897 bits per heavy atom. The van der Waals surface area contributed by atoms with Crippen LogP contribution in [0.5, 0.6) is 0 Å². The largest absolute Gasteiger partial charge is 0.295 e. The van der Waals surface area contributed by atoms with Gasteiger partial charge in [0.05, 0.1) is 22.5 Å². The minimum absolute atomic E-state index is 0.179. The van der Waals surface area contributed by atoms with Crippen LogP contribution in [0.15, 0.2) is 125 Å². The molecule has 0 fully saturated rings. The fourth-order valence-electron chi connectivity index (χ4n) is 5.29. The van der Waals surface area contributed by atoms with E-state index in [0.29, 0.717) is 22.5 Å². The predicted molar refractivity (Wildman–Crippen MR) is 155 cm³/mol. The minimum Gasteiger partial charge on any atom is -0.295 e. The molecule has 6 nitrogen and oxygen atoms in total. The van der Waals surface area contributed by atoms with Gasteiger partial charge in [-0.2, -0.15) is 0 Å². The van der Waals surface area contributed by atoms with Crippen LogP contribution in [0.3, 0.4) is 0 Å². The van der Waals surface area contributed by atoms with E-state index in [1.165, 1.54) is 0 Å². The van der Waals surface area contributed by atoms with Gasteiger partial charge >= 0.3 is 0 Å².